The first-order valence-corrected chi connectivity index (χ1v) is 7.17. The predicted octanol–water partition coefficient (Wildman–Crippen LogP) is 2.39. The summed E-state index contributed by atoms with van der Waals surface area (Å²) >= 11 is 0. The van der Waals surface area contributed by atoms with Gasteiger partial charge in [0.05, 0.1) is 19.3 Å². The molecule has 0 amide bonds. The maximum atomic E-state index is 5.87. The molecule has 3 N–H and O–H groups in total. The molecule has 1 heterocycles. The summed E-state index contributed by atoms with van der Waals surface area (Å²) in [5.74, 6) is 6.62. The number of aromatic nitrogens is 2. The molecule has 0 aliphatic carbocycles. The Balaban J connectivity index is 2.63. The molecule has 0 aliphatic rings. The zero-order valence-electron chi connectivity index (χ0n) is 13.4. The summed E-state index contributed by atoms with van der Waals surface area (Å²) in [6, 6.07) is 4.19. The molecular weight excluding hydrogens is 264 g/mol. The molecule has 114 valence electrons. The molecule has 2 rings (SSSR count). The van der Waals surface area contributed by atoms with E-state index in [1.807, 2.05) is 4.68 Å². The minimum absolute atomic E-state index is 0.150. The highest BCUT2D eigenvalue weighted by molar-refractivity contribution is 5.45. The van der Waals surface area contributed by atoms with E-state index < -0.39 is 0 Å². The normalized spacial score (nSPS) is 12.5. The molecule has 0 saturated carbocycles. The summed E-state index contributed by atoms with van der Waals surface area (Å²) in [4.78, 5) is 0. The SMILES string of the molecule is CCn1ncc(OC)c1C(NN)c1c(C)cc(C)cc1C. The predicted molar refractivity (Wildman–Crippen MR) is 84.3 cm³/mol. The molecular formula is C16H24N4O. The number of hydrazine groups is 1. The van der Waals surface area contributed by atoms with Crippen LogP contribution in [0, 0.1) is 20.8 Å². The first-order chi connectivity index (χ1) is 10.0. The first kappa shape index (κ1) is 15.5. The van der Waals surface area contributed by atoms with Crippen LogP contribution in [0.25, 0.3) is 0 Å². The van der Waals surface area contributed by atoms with E-state index in [1.54, 1.807) is 13.3 Å². The van der Waals surface area contributed by atoms with Gasteiger partial charge in [-0.3, -0.25) is 10.5 Å². The van der Waals surface area contributed by atoms with E-state index >= 15 is 0 Å². The number of hydrogen-bond donors (Lipinski definition) is 2. The molecule has 0 spiro atoms. The van der Waals surface area contributed by atoms with E-state index in [0.717, 1.165) is 18.0 Å². The van der Waals surface area contributed by atoms with Gasteiger partial charge in [0, 0.05) is 6.54 Å². The van der Waals surface area contributed by atoms with E-state index in [0.29, 0.717) is 0 Å². The van der Waals surface area contributed by atoms with Gasteiger partial charge in [0.25, 0.3) is 0 Å². The summed E-state index contributed by atoms with van der Waals surface area (Å²) < 4.78 is 7.38. The Bertz CT molecular complexity index is 589. The molecule has 0 bridgehead atoms. The second kappa shape index (κ2) is 6.28. The zero-order valence-corrected chi connectivity index (χ0v) is 13.4. The molecule has 1 aromatic carbocycles. The van der Waals surface area contributed by atoms with Crippen molar-refractivity contribution in [1.82, 2.24) is 15.2 Å². The summed E-state index contributed by atoms with van der Waals surface area (Å²) in [5, 5.41) is 4.37. The fourth-order valence-corrected chi connectivity index (χ4v) is 3.02. The molecule has 1 aromatic heterocycles. The fourth-order valence-electron chi connectivity index (χ4n) is 3.02. The third kappa shape index (κ3) is 2.80. The van der Waals surface area contributed by atoms with Crippen LogP contribution in [-0.2, 0) is 6.54 Å². The van der Waals surface area contributed by atoms with Crippen molar-refractivity contribution in [3.63, 3.8) is 0 Å². The lowest BCUT2D eigenvalue weighted by Crippen LogP contribution is -2.32. The number of aryl methyl sites for hydroxylation is 4. The van der Waals surface area contributed by atoms with E-state index in [4.69, 9.17) is 10.6 Å². The molecule has 1 unspecified atom stereocenters. The van der Waals surface area contributed by atoms with Crippen LogP contribution in [0.15, 0.2) is 18.3 Å². The largest absolute Gasteiger partial charge is 0.493 e. The van der Waals surface area contributed by atoms with Gasteiger partial charge in [-0.05, 0) is 44.4 Å². The van der Waals surface area contributed by atoms with Crippen molar-refractivity contribution in [2.24, 2.45) is 5.84 Å². The lowest BCUT2D eigenvalue weighted by molar-refractivity contribution is 0.399. The average molecular weight is 288 g/mol. The van der Waals surface area contributed by atoms with Crippen molar-refractivity contribution in [3.8, 4) is 5.75 Å². The molecule has 5 heteroatoms. The number of rotatable bonds is 5. The molecule has 5 nitrogen and oxygen atoms in total. The van der Waals surface area contributed by atoms with Crippen molar-refractivity contribution in [2.75, 3.05) is 7.11 Å². The van der Waals surface area contributed by atoms with Gasteiger partial charge in [-0.2, -0.15) is 5.10 Å². The van der Waals surface area contributed by atoms with Gasteiger partial charge < -0.3 is 4.74 Å². The topological polar surface area (TPSA) is 65.1 Å². The third-order valence-corrected chi connectivity index (χ3v) is 3.83. The Labute approximate surface area is 126 Å². The fraction of sp³-hybridized carbons (Fsp3) is 0.438. The van der Waals surface area contributed by atoms with Crippen molar-refractivity contribution >= 4 is 0 Å². The van der Waals surface area contributed by atoms with Crippen LogP contribution in [0.3, 0.4) is 0 Å². The van der Waals surface area contributed by atoms with Gasteiger partial charge in [-0.1, -0.05) is 17.7 Å². The van der Waals surface area contributed by atoms with Crippen LogP contribution in [-0.4, -0.2) is 16.9 Å². The first-order valence-electron chi connectivity index (χ1n) is 7.17. The number of benzene rings is 1. The van der Waals surface area contributed by atoms with Crippen molar-refractivity contribution < 1.29 is 4.74 Å². The molecule has 2 aromatic rings. The smallest absolute Gasteiger partial charge is 0.161 e. The highest BCUT2D eigenvalue weighted by Gasteiger charge is 2.25. The van der Waals surface area contributed by atoms with Crippen LogP contribution >= 0.6 is 0 Å². The van der Waals surface area contributed by atoms with Gasteiger partial charge in [0.2, 0.25) is 0 Å². The summed E-state index contributed by atoms with van der Waals surface area (Å²) in [5.41, 5.74) is 8.73. The van der Waals surface area contributed by atoms with Crippen LogP contribution in [0.1, 0.15) is 40.9 Å². The molecule has 0 fully saturated rings. The van der Waals surface area contributed by atoms with Crippen LogP contribution in [0.5, 0.6) is 5.75 Å². The standard InChI is InChI=1S/C16H24N4O/c1-6-20-16(13(21-5)9-18-20)15(19-17)14-11(3)7-10(2)8-12(14)4/h7-9,15,19H,6,17H2,1-5H3. The van der Waals surface area contributed by atoms with Crippen LogP contribution < -0.4 is 16.0 Å². The third-order valence-electron chi connectivity index (χ3n) is 3.83. The van der Waals surface area contributed by atoms with Gasteiger partial charge in [-0.15, -0.1) is 0 Å². The quantitative estimate of drug-likeness (QED) is 0.655. The maximum Gasteiger partial charge on any atom is 0.161 e. The Kier molecular flexibility index (Phi) is 4.65. The van der Waals surface area contributed by atoms with E-state index in [9.17, 15) is 0 Å². The highest BCUT2D eigenvalue weighted by Crippen LogP contribution is 2.33. The van der Waals surface area contributed by atoms with Crippen molar-refractivity contribution in [2.45, 2.75) is 40.3 Å². The average Bonchev–Trinajstić information content (AvgIpc) is 2.85. The lowest BCUT2D eigenvalue weighted by Gasteiger charge is -2.23. The second-order valence-corrected chi connectivity index (χ2v) is 5.33. The molecule has 21 heavy (non-hydrogen) atoms. The Morgan fingerprint density at radius 1 is 1.29 bits per heavy atom. The minimum atomic E-state index is -0.150. The number of nitrogens with one attached hydrogen (secondary N) is 1. The highest BCUT2D eigenvalue weighted by atomic mass is 16.5. The Hall–Kier alpha value is -1.85. The monoisotopic (exact) mass is 288 g/mol. The Morgan fingerprint density at radius 2 is 1.90 bits per heavy atom. The van der Waals surface area contributed by atoms with E-state index in [2.05, 4.69) is 50.4 Å². The summed E-state index contributed by atoms with van der Waals surface area (Å²) in [6.07, 6.45) is 1.74. The zero-order chi connectivity index (χ0) is 15.6. The van der Waals surface area contributed by atoms with Gasteiger partial charge >= 0.3 is 0 Å². The van der Waals surface area contributed by atoms with Gasteiger partial charge in [0.1, 0.15) is 5.69 Å². The Morgan fingerprint density at radius 3 is 2.38 bits per heavy atom. The van der Waals surface area contributed by atoms with Crippen LogP contribution in [0.4, 0.5) is 0 Å². The second-order valence-electron chi connectivity index (χ2n) is 5.33. The number of nitrogens with zero attached hydrogens (tertiary/aromatic N) is 2. The lowest BCUT2D eigenvalue weighted by atomic mass is 9.92. The molecule has 0 radical (unpaired) electrons. The summed E-state index contributed by atoms with van der Waals surface area (Å²) in [6.45, 7) is 9.14. The van der Waals surface area contributed by atoms with Crippen molar-refractivity contribution in [3.05, 3.63) is 46.3 Å². The van der Waals surface area contributed by atoms with E-state index in [-0.39, 0.29) is 6.04 Å². The summed E-state index contributed by atoms with van der Waals surface area (Å²) in [7, 11) is 1.66. The molecule has 0 aliphatic heterocycles. The van der Waals surface area contributed by atoms with E-state index in [1.165, 1.54) is 22.3 Å². The number of ether oxygens (including phenoxy) is 1. The van der Waals surface area contributed by atoms with Crippen molar-refractivity contribution in [1.29, 1.82) is 0 Å². The number of nitrogens with two attached hydrogens (primary N) is 1. The number of hydrogen-bond acceptors (Lipinski definition) is 4. The van der Waals surface area contributed by atoms with Gasteiger partial charge in [0.15, 0.2) is 5.75 Å². The van der Waals surface area contributed by atoms with Gasteiger partial charge in [-0.25, -0.2) is 5.43 Å². The molecule has 1 atom stereocenters. The molecule has 0 saturated heterocycles. The number of methoxy groups -OCH3 is 1. The minimum Gasteiger partial charge on any atom is -0.493 e. The maximum absolute atomic E-state index is 5.87. The van der Waals surface area contributed by atoms with Crippen LogP contribution in [0.2, 0.25) is 0 Å².